The summed E-state index contributed by atoms with van der Waals surface area (Å²) in [5, 5.41) is 0. The van der Waals surface area contributed by atoms with Crippen LogP contribution in [-0.2, 0) is 6.54 Å². The number of carbonyl (C=O) groups is 1. The topological polar surface area (TPSA) is 57.2 Å². The minimum absolute atomic E-state index is 0.00670. The molecule has 0 aliphatic carbocycles. The van der Waals surface area contributed by atoms with Gasteiger partial charge in [0.05, 0.1) is 0 Å². The van der Waals surface area contributed by atoms with Gasteiger partial charge in [0.2, 0.25) is 0 Å². The van der Waals surface area contributed by atoms with Crippen molar-refractivity contribution in [2.45, 2.75) is 6.54 Å². The smallest absolute Gasteiger partial charge is 0.272 e. The minimum Gasteiger partial charge on any atom is -0.336 e. The van der Waals surface area contributed by atoms with Gasteiger partial charge < -0.3 is 9.88 Å². The van der Waals surface area contributed by atoms with Gasteiger partial charge in [0, 0.05) is 57.0 Å². The molecule has 27 heavy (non-hydrogen) atoms. The van der Waals surface area contributed by atoms with E-state index >= 15 is 0 Å². The van der Waals surface area contributed by atoms with Crippen molar-refractivity contribution < 1.29 is 4.79 Å². The number of hydrogen-bond donors (Lipinski definition) is 1. The van der Waals surface area contributed by atoms with Crippen molar-refractivity contribution in [3.8, 4) is 5.69 Å². The summed E-state index contributed by atoms with van der Waals surface area (Å²) in [6.45, 7) is 3.95. The van der Waals surface area contributed by atoms with E-state index in [4.69, 9.17) is 12.2 Å². The quantitative estimate of drug-likeness (QED) is 0.708. The number of carbonyl (C=O) groups excluding carboxylic acids is 1. The number of aromatic amines is 1. The summed E-state index contributed by atoms with van der Waals surface area (Å²) in [6, 6.07) is 13.8. The molecule has 1 amide bonds. The number of hydrogen-bond acceptors (Lipinski definition) is 4. The second kappa shape index (κ2) is 7.85. The summed E-state index contributed by atoms with van der Waals surface area (Å²) < 4.78 is 2.33. The number of pyridine rings is 1. The third kappa shape index (κ3) is 3.84. The molecule has 2 aromatic heterocycles. The van der Waals surface area contributed by atoms with Crippen LogP contribution in [0.5, 0.6) is 0 Å². The van der Waals surface area contributed by atoms with Gasteiger partial charge in [-0.1, -0.05) is 24.3 Å². The van der Waals surface area contributed by atoms with E-state index in [1.165, 1.54) is 5.56 Å². The van der Waals surface area contributed by atoms with Gasteiger partial charge in [0.15, 0.2) is 4.77 Å². The van der Waals surface area contributed by atoms with Crippen LogP contribution in [0.25, 0.3) is 5.69 Å². The van der Waals surface area contributed by atoms with Gasteiger partial charge in [-0.05, 0) is 36.0 Å². The van der Waals surface area contributed by atoms with Crippen LogP contribution >= 0.6 is 12.2 Å². The van der Waals surface area contributed by atoms with Crippen LogP contribution in [-0.4, -0.2) is 56.4 Å². The summed E-state index contributed by atoms with van der Waals surface area (Å²) in [4.78, 5) is 24.5. The van der Waals surface area contributed by atoms with E-state index in [1.807, 2.05) is 47.5 Å². The van der Waals surface area contributed by atoms with Crippen LogP contribution in [0.15, 0.2) is 61.1 Å². The number of H-pyrrole nitrogens is 1. The molecule has 3 aromatic rings. The zero-order valence-electron chi connectivity index (χ0n) is 14.9. The van der Waals surface area contributed by atoms with Crippen molar-refractivity contribution in [2.75, 3.05) is 26.2 Å². The SMILES string of the molecule is O=C(c1c[nH]c(=S)n1-c1ccccc1)N1CCN(Cc2cccnc2)CC1. The molecule has 138 valence electrons. The normalized spacial score (nSPS) is 15.0. The molecule has 0 saturated carbocycles. The molecule has 0 unspecified atom stereocenters. The highest BCUT2D eigenvalue weighted by molar-refractivity contribution is 7.71. The summed E-state index contributed by atoms with van der Waals surface area (Å²) in [5.74, 6) is 0.00670. The maximum Gasteiger partial charge on any atom is 0.272 e. The maximum atomic E-state index is 13.1. The number of imidazole rings is 1. The third-order valence-corrected chi connectivity index (χ3v) is 5.10. The first-order valence-corrected chi connectivity index (χ1v) is 9.39. The maximum absolute atomic E-state index is 13.1. The van der Waals surface area contributed by atoms with E-state index in [-0.39, 0.29) is 5.91 Å². The second-order valence-corrected chi connectivity index (χ2v) is 6.97. The van der Waals surface area contributed by atoms with E-state index < -0.39 is 0 Å². The number of piperazine rings is 1. The first-order valence-electron chi connectivity index (χ1n) is 8.99. The highest BCUT2D eigenvalue weighted by Crippen LogP contribution is 2.16. The second-order valence-electron chi connectivity index (χ2n) is 6.58. The van der Waals surface area contributed by atoms with Crippen LogP contribution < -0.4 is 0 Å². The monoisotopic (exact) mass is 379 g/mol. The van der Waals surface area contributed by atoms with Crippen molar-refractivity contribution in [2.24, 2.45) is 0 Å². The van der Waals surface area contributed by atoms with Gasteiger partial charge in [-0.25, -0.2) is 0 Å². The molecule has 7 heteroatoms. The minimum atomic E-state index is 0.00670. The van der Waals surface area contributed by atoms with E-state index in [9.17, 15) is 4.79 Å². The molecule has 6 nitrogen and oxygen atoms in total. The average Bonchev–Trinajstić information content (AvgIpc) is 3.11. The van der Waals surface area contributed by atoms with Gasteiger partial charge >= 0.3 is 0 Å². The Morgan fingerprint density at radius 3 is 2.56 bits per heavy atom. The van der Waals surface area contributed by atoms with Crippen molar-refractivity contribution in [1.82, 2.24) is 24.3 Å². The van der Waals surface area contributed by atoms with E-state index in [1.54, 1.807) is 17.0 Å². The Hall–Kier alpha value is -2.77. The first-order chi connectivity index (χ1) is 13.2. The molecule has 1 aliphatic heterocycles. The zero-order valence-corrected chi connectivity index (χ0v) is 15.7. The number of aromatic nitrogens is 3. The summed E-state index contributed by atoms with van der Waals surface area (Å²) in [5.41, 5.74) is 2.66. The first kappa shape index (κ1) is 17.6. The van der Waals surface area contributed by atoms with Crippen LogP contribution in [0.4, 0.5) is 0 Å². The number of nitrogens with one attached hydrogen (secondary N) is 1. The fourth-order valence-electron chi connectivity index (χ4n) is 3.38. The largest absolute Gasteiger partial charge is 0.336 e. The highest BCUT2D eigenvalue weighted by Gasteiger charge is 2.25. The van der Waals surface area contributed by atoms with Crippen molar-refractivity contribution in [1.29, 1.82) is 0 Å². The van der Waals surface area contributed by atoms with Gasteiger partial charge in [0.25, 0.3) is 5.91 Å². The molecule has 0 radical (unpaired) electrons. The van der Waals surface area contributed by atoms with Gasteiger partial charge in [-0.3, -0.25) is 19.2 Å². The average molecular weight is 379 g/mol. The lowest BCUT2D eigenvalue weighted by molar-refractivity contribution is 0.0620. The Labute approximate surface area is 163 Å². The molecule has 0 atom stereocenters. The molecule has 4 rings (SSSR count). The summed E-state index contributed by atoms with van der Waals surface area (Å²) in [6.07, 6.45) is 5.39. The van der Waals surface area contributed by atoms with Crippen molar-refractivity contribution >= 4 is 18.1 Å². The Morgan fingerprint density at radius 2 is 1.85 bits per heavy atom. The number of amides is 1. The Bertz CT molecular complexity index is 959. The Balaban J connectivity index is 1.45. The van der Waals surface area contributed by atoms with Gasteiger partial charge in [-0.2, -0.15) is 0 Å². The van der Waals surface area contributed by atoms with Crippen LogP contribution in [0.3, 0.4) is 0 Å². The molecule has 1 saturated heterocycles. The van der Waals surface area contributed by atoms with Crippen molar-refractivity contribution in [3.05, 3.63) is 77.1 Å². The summed E-state index contributed by atoms with van der Waals surface area (Å²) >= 11 is 5.39. The molecule has 0 bridgehead atoms. The van der Waals surface area contributed by atoms with Crippen LogP contribution in [0.2, 0.25) is 0 Å². The standard InChI is InChI=1S/C20H21N5OS/c26-19(18-14-22-20(27)25(18)17-6-2-1-3-7-17)24-11-9-23(10-12-24)15-16-5-4-8-21-13-16/h1-8,13-14H,9-12,15H2,(H,22,27). The Kier molecular flexibility index (Phi) is 5.13. The van der Waals surface area contributed by atoms with E-state index in [2.05, 4.69) is 20.9 Å². The number of nitrogens with zero attached hydrogens (tertiary/aromatic N) is 4. The lowest BCUT2D eigenvalue weighted by Crippen LogP contribution is -2.48. The third-order valence-electron chi connectivity index (χ3n) is 4.80. The van der Waals surface area contributed by atoms with E-state index in [0.717, 1.165) is 25.3 Å². The molecule has 0 spiro atoms. The Morgan fingerprint density at radius 1 is 1.07 bits per heavy atom. The van der Waals surface area contributed by atoms with E-state index in [0.29, 0.717) is 23.6 Å². The molecule has 1 aromatic carbocycles. The number of para-hydroxylation sites is 1. The number of rotatable bonds is 4. The van der Waals surface area contributed by atoms with Crippen molar-refractivity contribution in [3.63, 3.8) is 0 Å². The molecular weight excluding hydrogens is 358 g/mol. The number of benzene rings is 1. The predicted octanol–water partition coefficient (Wildman–Crippen LogP) is 2.89. The van der Waals surface area contributed by atoms with Gasteiger partial charge in [0.1, 0.15) is 5.69 Å². The fraction of sp³-hybridized carbons (Fsp3) is 0.250. The molecule has 1 aliphatic rings. The predicted molar refractivity (Wildman–Crippen MR) is 106 cm³/mol. The molecule has 1 N–H and O–H groups in total. The van der Waals surface area contributed by atoms with Crippen LogP contribution in [0.1, 0.15) is 16.1 Å². The van der Waals surface area contributed by atoms with Crippen LogP contribution in [0, 0.1) is 4.77 Å². The fourth-order valence-corrected chi connectivity index (χ4v) is 3.64. The molecule has 3 heterocycles. The molecular formula is C20H21N5OS. The lowest BCUT2D eigenvalue weighted by Gasteiger charge is -2.34. The zero-order chi connectivity index (χ0) is 18.6. The van der Waals surface area contributed by atoms with Gasteiger partial charge in [-0.15, -0.1) is 0 Å². The summed E-state index contributed by atoms with van der Waals surface area (Å²) in [7, 11) is 0. The lowest BCUT2D eigenvalue weighted by atomic mass is 10.2. The highest BCUT2D eigenvalue weighted by atomic mass is 32.1. The molecule has 1 fully saturated rings.